The number of imide groups is 1. The number of halogens is 2. The molecule has 0 bridgehead atoms. The van der Waals surface area contributed by atoms with E-state index in [9.17, 15) is 19.5 Å². The highest BCUT2D eigenvalue weighted by molar-refractivity contribution is 6.43. The maximum atomic E-state index is 12.4. The van der Waals surface area contributed by atoms with Crippen molar-refractivity contribution in [3.8, 4) is 5.75 Å². The van der Waals surface area contributed by atoms with Gasteiger partial charge in [-0.1, -0.05) is 23.2 Å². The van der Waals surface area contributed by atoms with Gasteiger partial charge < -0.3 is 9.84 Å². The van der Waals surface area contributed by atoms with Crippen LogP contribution in [0, 0.1) is 0 Å². The third-order valence-corrected chi connectivity index (χ3v) is 4.83. The molecule has 140 valence electrons. The van der Waals surface area contributed by atoms with Crippen molar-refractivity contribution in [1.82, 2.24) is 4.90 Å². The Balaban J connectivity index is 1.63. The first-order chi connectivity index (χ1) is 12.8. The molecule has 2 amide bonds. The number of carbonyl (C=O) groups excluding carboxylic acids is 3. The minimum atomic E-state index is -1.09. The van der Waals surface area contributed by atoms with E-state index in [0.29, 0.717) is 11.3 Å². The standard InChI is InChI=1S/C19H15Cl2NO5/c1-10(23)11-2-4-13(5-3-11)27-9-12(24)8-22-18(25)14-6-16(20)17(21)7-15(14)19(22)26/h2-7,12,24H,8-9H2,1H3/t12-/m1/s1. The molecule has 0 aromatic heterocycles. The number of β-amino-alcohol motifs (C(OH)–C–C–N with tert-alkyl or cyclic N) is 1. The summed E-state index contributed by atoms with van der Waals surface area (Å²) in [6, 6.07) is 9.13. The molecule has 0 unspecified atom stereocenters. The summed E-state index contributed by atoms with van der Waals surface area (Å²) < 4.78 is 5.45. The number of aliphatic hydroxyl groups is 1. The Bertz CT molecular complexity index is 885. The van der Waals surface area contributed by atoms with Gasteiger partial charge in [0.25, 0.3) is 11.8 Å². The second-order valence-electron chi connectivity index (χ2n) is 6.08. The van der Waals surface area contributed by atoms with Crippen LogP contribution in [0.2, 0.25) is 10.0 Å². The molecular weight excluding hydrogens is 393 g/mol. The number of ether oxygens (including phenoxy) is 1. The molecule has 1 aliphatic heterocycles. The summed E-state index contributed by atoms with van der Waals surface area (Å²) in [5, 5.41) is 10.5. The first kappa shape index (κ1) is 19.4. The monoisotopic (exact) mass is 407 g/mol. The average Bonchev–Trinajstić information content (AvgIpc) is 2.85. The third kappa shape index (κ3) is 3.98. The molecule has 8 heteroatoms. The smallest absolute Gasteiger partial charge is 0.261 e. The highest BCUT2D eigenvalue weighted by Crippen LogP contribution is 2.31. The van der Waals surface area contributed by atoms with Crippen molar-refractivity contribution in [2.75, 3.05) is 13.2 Å². The molecule has 3 rings (SSSR count). The maximum Gasteiger partial charge on any atom is 0.261 e. The van der Waals surface area contributed by atoms with E-state index in [1.54, 1.807) is 24.3 Å². The number of carbonyl (C=O) groups is 3. The molecule has 2 aromatic carbocycles. The number of hydrogen-bond acceptors (Lipinski definition) is 5. The molecule has 0 spiro atoms. The normalized spacial score (nSPS) is 14.3. The highest BCUT2D eigenvalue weighted by atomic mass is 35.5. The Labute approximate surface area is 165 Å². The lowest BCUT2D eigenvalue weighted by Crippen LogP contribution is -2.39. The number of amides is 2. The quantitative estimate of drug-likeness (QED) is 0.586. The maximum absolute atomic E-state index is 12.4. The molecule has 0 saturated carbocycles. The Morgan fingerprint density at radius 1 is 1.07 bits per heavy atom. The Morgan fingerprint density at radius 3 is 2.07 bits per heavy atom. The summed E-state index contributed by atoms with van der Waals surface area (Å²) in [6.07, 6.45) is -1.09. The van der Waals surface area contributed by atoms with E-state index in [1.165, 1.54) is 19.1 Å². The minimum Gasteiger partial charge on any atom is -0.491 e. The number of rotatable bonds is 6. The summed E-state index contributed by atoms with van der Waals surface area (Å²) in [4.78, 5) is 37.0. The largest absolute Gasteiger partial charge is 0.491 e. The van der Waals surface area contributed by atoms with Gasteiger partial charge in [0, 0.05) is 5.56 Å². The number of Topliss-reactive ketones (excluding diaryl/α,β-unsaturated/α-hetero) is 1. The van der Waals surface area contributed by atoms with Crippen LogP contribution in [0.15, 0.2) is 36.4 Å². The van der Waals surface area contributed by atoms with Crippen LogP contribution < -0.4 is 4.74 Å². The Kier molecular flexibility index (Phi) is 5.51. The molecule has 0 saturated heterocycles. The van der Waals surface area contributed by atoms with E-state index in [-0.39, 0.29) is 40.1 Å². The van der Waals surface area contributed by atoms with Crippen LogP contribution in [0.3, 0.4) is 0 Å². The zero-order chi connectivity index (χ0) is 19.7. The van der Waals surface area contributed by atoms with Gasteiger partial charge in [-0.25, -0.2) is 0 Å². The zero-order valence-electron chi connectivity index (χ0n) is 14.2. The third-order valence-electron chi connectivity index (χ3n) is 4.11. The van der Waals surface area contributed by atoms with Crippen LogP contribution >= 0.6 is 23.2 Å². The molecule has 1 aliphatic rings. The summed E-state index contributed by atoms with van der Waals surface area (Å²) in [5.74, 6) is -0.691. The second-order valence-corrected chi connectivity index (χ2v) is 6.89. The first-order valence-electron chi connectivity index (χ1n) is 8.05. The van der Waals surface area contributed by atoms with Crippen molar-refractivity contribution >= 4 is 40.8 Å². The van der Waals surface area contributed by atoms with Gasteiger partial charge in [-0.05, 0) is 43.3 Å². The van der Waals surface area contributed by atoms with Crippen LogP contribution in [0.4, 0.5) is 0 Å². The fourth-order valence-corrected chi connectivity index (χ4v) is 3.02. The molecule has 27 heavy (non-hydrogen) atoms. The van der Waals surface area contributed by atoms with E-state index in [4.69, 9.17) is 27.9 Å². The van der Waals surface area contributed by atoms with Crippen LogP contribution in [0.25, 0.3) is 0 Å². The minimum absolute atomic E-state index is 0.0626. The lowest BCUT2D eigenvalue weighted by atomic mass is 10.1. The molecule has 1 atom stereocenters. The van der Waals surface area contributed by atoms with Crippen LogP contribution in [-0.4, -0.2) is 46.9 Å². The van der Waals surface area contributed by atoms with Crippen molar-refractivity contribution in [3.05, 3.63) is 63.1 Å². The van der Waals surface area contributed by atoms with Gasteiger partial charge in [0.2, 0.25) is 0 Å². The van der Waals surface area contributed by atoms with E-state index >= 15 is 0 Å². The predicted molar refractivity (Wildman–Crippen MR) is 99.8 cm³/mol. The van der Waals surface area contributed by atoms with Crippen molar-refractivity contribution in [2.45, 2.75) is 13.0 Å². The number of aliphatic hydroxyl groups excluding tert-OH is 1. The van der Waals surface area contributed by atoms with Crippen molar-refractivity contribution in [3.63, 3.8) is 0 Å². The topological polar surface area (TPSA) is 83.9 Å². The Hall–Kier alpha value is -2.41. The van der Waals surface area contributed by atoms with Gasteiger partial charge in [0.1, 0.15) is 18.5 Å². The molecular formula is C19H15Cl2NO5. The lowest BCUT2D eigenvalue weighted by molar-refractivity contribution is 0.0457. The number of nitrogens with zero attached hydrogens (tertiary/aromatic N) is 1. The number of ketones is 1. The summed E-state index contributed by atoms with van der Waals surface area (Å²) in [6.45, 7) is 1.10. The number of fused-ring (bicyclic) bond motifs is 1. The Morgan fingerprint density at radius 2 is 1.59 bits per heavy atom. The van der Waals surface area contributed by atoms with Gasteiger partial charge in [0.05, 0.1) is 27.7 Å². The zero-order valence-corrected chi connectivity index (χ0v) is 15.8. The van der Waals surface area contributed by atoms with Gasteiger partial charge in [-0.3, -0.25) is 19.3 Å². The predicted octanol–water partition coefficient (Wildman–Crippen LogP) is 3.23. The highest BCUT2D eigenvalue weighted by Gasteiger charge is 2.37. The molecule has 1 N–H and O–H groups in total. The van der Waals surface area contributed by atoms with E-state index in [1.807, 2.05) is 0 Å². The number of benzene rings is 2. The van der Waals surface area contributed by atoms with Gasteiger partial charge in [0.15, 0.2) is 5.78 Å². The molecule has 6 nitrogen and oxygen atoms in total. The van der Waals surface area contributed by atoms with Crippen LogP contribution in [0.5, 0.6) is 5.75 Å². The first-order valence-corrected chi connectivity index (χ1v) is 8.80. The van der Waals surface area contributed by atoms with E-state index < -0.39 is 17.9 Å². The van der Waals surface area contributed by atoms with Crippen molar-refractivity contribution in [1.29, 1.82) is 0 Å². The summed E-state index contributed by atoms with van der Waals surface area (Å²) in [7, 11) is 0. The summed E-state index contributed by atoms with van der Waals surface area (Å²) >= 11 is 11.8. The van der Waals surface area contributed by atoms with E-state index in [0.717, 1.165) is 4.90 Å². The molecule has 0 fully saturated rings. The van der Waals surface area contributed by atoms with E-state index in [2.05, 4.69) is 0 Å². The molecule has 0 aliphatic carbocycles. The van der Waals surface area contributed by atoms with Gasteiger partial charge >= 0.3 is 0 Å². The fourth-order valence-electron chi connectivity index (χ4n) is 2.69. The molecule has 0 radical (unpaired) electrons. The molecule has 2 aromatic rings. The SMILES string of the molecule is CC(=O)c1ccc(OC[C@H](O)CN2C(=O)c3cc(Cl)c(Cl)cc3C2=O)cc1. The second kappa shape index (κ2) is 7.68. The van der Waals surface area contributed by atoms with Gasteiger partial charge in [-0.2, -0.15) is 0 Å². The van der Waals surface area contributed by atoms with Gasteiger partial charge in [-0.15, -0.1) is 0 Å². The van der Waals surface area contributed by atoms with Crippen LogP contribution in [-0.2, 0) is 0 Å². The summed E-state index contributed by atoms with van der Waals surface area (Å²) in [5.41, 5.74) is 0.857. The lowest BCUT2D eigenvalue weighted by Gasteiger charge is -2.18. The van der Waals surface area contributed by atoms with Crippen molar-refractivity contribution < 1.29 is 24.2 Å². The fraction of sp³-hybridized carbons (Fsp3) is 0.211. The van der Waals surface area contributed by atoms with Crippen LogP contribution in [0.1, 0.15) is 38.0 Å². The van der Waals surface area contributed by atoms with Crippen molar-refractivity contribution in [2.24, 2.45) is 0 Å². The number of hydrogen-bond donors (Lipinski definition) is 1. The average molecular weight is 408 g/mol. The molecule has 1 heterocycles.